The van der Waals surface area contributed by atoms with Crippen molar-refractivity contribution in [3.8, 4) is 22.3 Å². The Morgan fingerprint density at radius 1 is 0.607 bits per heavy atom. The minimum Gasteiger partial charge on any atom is -0.320 e. The van der Waals surface area contributed by atoms with Gasteiger partial charge in [0.1, 0.15) is 0 Å². The van der Waals surface area contributed by atoms with Crippen LogP contribution in [0.5, 0.6) is 0 Å². The van der Waals surface area contributed by atoms with Crippen LogP contribution in [0.25, 0.3) is 22.3 Å². The van der Waals surface area contributed by atoms with Gasteiger partial charge in [0, 0.05) is 46.0 Å². The lowest BCUT2D eigenvalue weighted by Gasteiger charge is -2.20. The van der Waals surface area contributed by atoms with Crippen molar-refractivity contribution in [2.45, 2.75) is 6.04 Å². The summed E-state index contributed by atoms with van der Waals surface area (Å²) in [6.45, 7) is 0. The number of halogens is 2. The van der Waals surface area contributed by atoms with E-state index in [9.17, 15) is 0 Å². The van der Waals surface area contributed by atoms with Crippen molar-refractivity contribution in [3.05, 3.63) is 107 Å². The lowest BCUT2D eigenvalue weighted by atomic mass is 9.90. The molecule has 138 valence electrons. The second-order valence-electron chi connectivity index (χ2n) is 6.36. The van der Waals surface area contributed by atoms with Crippen LogP contribution in [0.2, 0.25) is 10.0 Å². The highest BCUT2D eigenvalue weighted by molar-refractivity contribution is 6.33. The highest BCUT2D eigenvalue weighted by Gasteiger charge is 2.20. The summed E-state index contributed by atoms with van der Waals surface area (Å²) in [5.41, 5.74) is 12.2. The van der Waals surface area contributed by atoms with E-state index in [-0.39, 0.29) is 0 Å². The Balaban J connectivity index is 1.86. The summed E-state index contributed by atoms with van der Waals surface area (Å²) < 4.78 is 0. The van der Waals surface area contributed by atoms with Gasteiger partial charge in [-0.2, -0.15) is 0 Å². The maximum Gasteiger partial charge on any atom is 0.0594 e. The van der Waals surface area contributed by atoms with Gasteiger partial charge in [-0.25, -0.2) is 0 Å². The van der Waals surface area contributed by atoms with E-state index in [1.54, 1.807) is 24.8 Å². The molecule has 0 radical (unpaired) electrons. The Kier molecular flexibility index (Phi) is 5.40. The molecule has 0 amide bonds. The molecule has 2 heterocycles. The minimum atomic E-state index is -0.444. The van der Waals surface area contributed by atoms with Gasteiger partial charge < -0.3 is 5.73 Å². The van der Waals surface area contributed by atoms with Gasteiger partial charge in [-0.05, 0) is 46.5 Å². The fourth-order valence-corrected chi connectivity index (χ4v) is 3.80. The zero-order chi connectivity index (χ0) is 19.5. The molecule has 28 heavy (non-hydrogen) atoms. The molecular formula is C23H17Cl2N3. The normalized spacial score (nSPS) is 11.0. The van der Waals surface area contributed by atoms with Crippen LogP contribution >= 0.6 is 23.2 Å². The van der Waals surface area contributed by atoms with Gasteiger partial charge in [-0.3, -0.25) is 9.97 Å². The van der Waals surface area contributed by atoms with Crippen molar-refractivity contribution in [2.24, 2.45) is 5.73 Å². The summed E-state index contributed by atoms with van der Waals surface area (Å²) >= 11 is 12.9. The van der Waals surface area contributed by atoms with Gasteiger partial charge in [0.15, 0.2) is 0 Å². The molecule has 0 saturated carbocycles. The Labute approximate surface area is 173 Å². The summed E-state index contributed by atoms with van der Waals surface area (Å²) in [4.78, 5) is 8.59. The molecule has 0 spiro atoms. The van der Waals surface area contributed by atoms with E-state index in [1.807, 2.05) is 60.7 Å². The van der Waals surface area contributed by atoms with Crippen LogP contribution in [0, 0.1) is 0 Å². The smallest absolute Gasteiger partial charge is 0.0594 e. The molecule has 0 fully saturated rings. The summed E-state index contributed by atoms with van der Waals surface area (Å²) in [6, 6.07) is 18.8. The summed E-state index contributed by atoms with van der Waals surface area (Å²) in [7, 11) is 0. The van der Waals surface area contributed by atoms with Crippen LogP contribution in [0.3, 0.4) is 0 Å². The van der Waals surface area contributed by atoms with Gasteiger partial charge in [0.25, 0.3) is 0 Å². The predicted molar refractivity (Wildman–Crippen MR) is 115 cm³/mol. The van der Waals surface area contributed by atoms with Crippen molar-refractivity contribution in [1.82, 2.24) is 9.97 Å². The lowest BCUT2D eigenvalue weighted by molar-refractivity contribution is 0.860. The number of rotatable bonds is 4. The molecule has 4 aromatic rings. The van der Waals surface area contributed by atoms with Gasteiger partial charge in [0.2, 0.25) is 0 Å². The molecule has 3 nitrogen and oxygen atoms in total. The van der Waals surface area contributed by atoms with E-state index in [4.69, 9.17) is 28.9 Å². The fraction of sp³-hybridized carbons (Fsp3) is 0.0435. The van der Waals surface area contributed by atoms with E-state index < -0.39 is 6.04 Å². The van der Waals surface area contributed by atoms with Crippen LogP contribution < -0.4 is 5.73 Å². The second-order valence-corrected chi connectivity index (χ2v) is 7.18. The number of benzene rings is 2. The SMILES string of the molecule is NC(c1cnccc1-c1ccccc1Cl)c1cnccc1-c1ccccc1Cl. The van der Waals surface area contributed by atoms with Gasteiger partial charge in [0.05, 0.1) is 6.04 Å². The highest BCUT2D eigenvalue weighted by Crippen LogP contribution is 2.38. The fourth-order valence-electron chi connectivity index (χ4n) is 3.33. The highest BCUT2D eigenvalue weighted by atomic mass is 35.5. The maximum absolute atomic E-state index is 6.73. The summed E-state index contributed by atoms with van der Waals surface area (Å²) in [5.74, 6) is 0. The molecule has 4 rings (SSSR count). The average molecular weight is 406 g/mol. The van der Waals surface area contributed by atoms with Crippen LogP contribution in [-0.2, 0) is 0 Å². The Morgan fingerprint density at radius 2 is 1.04 bits per heavy atom. The van der Waals surface area contributed by atoms with Crippen LogP contribution in [0.1, 0.15) is 17.2 Å². The molecule has 5 heteroatoms. The molecule has 0 aliphatic carbocycles. The maximum atomic E-state index is 6.73. The molecule has 2 N–H and O–H groups in total. The van der Waals surface area contributed by atoms with E-state index in [0.717, 1.165) is 33.4 Å². The average Bonchev–Trinajstić information content (AvgIpc) is 2.74. The molecule has 0 aliphatic heterocycles. The molecular weight excluding hydrogens is 389 g/mol. The van der Waals surface area contributed by atoms with E-state index in [0.29, 0.717) is 10.0 Å². The van der Waals surface area contributed by atoms with Crippen LogP contribution in [0.4, 0.5) is 0 Å². The third-order valence-electron chi connectivity index (χ3n) is 4.70. The van der Waals surface area contributed by atoms with Crippen molar-refractivity contribution in [1.29, 1.82) is 0 Å². The number of pyridine rings is 2. The predicted octanol–water partition coefficient (Wildman–Crippen LogP) is 6.17. The van der Waals surface area contributed by atoms with Crippen LogP contribution in [0.15, 0.2) is 85.5 Å². The van der Waals surface area contributed by atoms with E-state index >= 15 is 0 Å². The van der Waals surface area contributed by atoms with Gasteiger partial charge in [-0.1, -0.05) is 59.6 Å². The topological polar surface area (TPSA) is 51.8 Å². The number of hydrogen-bond donors (Lipinski definition) is 1. The first kappa shape index (κ1) is 18.6. The third-order valence-corrected chi connectivity index (χ3v) is 5.36. The Hall–Kier alpha value is -2.72. The van der Waals surface area contributed by atoms with E-state index in [2.05, 4.69) is 9.97 Å². The van der Waals surface area contributed by atoms with E-state index in [1.165, 1.54) is 0 Å². The van der Waals surface area contributed by atoms with Crippen molar-refractivity contribution in [3.63, 3.8) is 0 Å². The minimum absolute atomic E-state index is 0.444. The monoisotopic (exact) mass is 405 g/mol. The first-order chi connectivity index (χ1) is 13.7. The van der Waals surface area contributed by atoms with Gasteiger partial charge >= 0.3 is 0 Å². The standard InChI is InChI=1S/C23H17Cl2N3/c24-21-7-3-1-5-17(21)15-9-11-27-13-19(15)23(26)20-14-28-12-10-16(20)18-6-2-4-8-22(18)25/h1-14,23H,26H2. The molecule has 0 saturated heterocycles. The Morgan fingerprint density at radius 3 is 1.46 bits per heavy atom. The van der Waals surface area contributed by atoms with Gasteiger partial charge in [-0.15, -0.1) is 0 Å². The first-order valence-corrected chi connectivity index (χ1v) is 9.55. The van der Waals surface area contributed by atoms with Crippen molar-refractivity contribution in [2.75, 3.05) is 0 Å². The number of nitrogens with two attached hydrogens (primary N) is 1. The molecule has 0 aliphatic rings. The number of nitrogens with zero attached hydrogens (tertiary/aromatic N) is 2. The zero-order valence-corrected chi connectivity index (χ0v) is 16.4. The molecule has 2 aromatic heterocycles. The summed E-state index contributed by atoms with van der Waals surface area (Å²) in [5, 5.41) is 1.33. The quantitative estimate of drug-likeness (QED) is 0.441. The lowest BCUT2D eigenvalue weighted by Crippen LogP contribution is -2.15. The summed E-state index contributed by atoms with van der Waals surface area (Å²) in [6.07, 6.45) is 7.06. The third kappa shape index (κ3) is 3.52. The zero-order valence-electron chi connectivity index (χ0n) is 14.9. The second kappa shape index (κ2) is 8.11. The first-order valence-electron chi connectivity index (χ1n) is 8.80. The molecule has 0 unspecified atom stereocenters. The van der Waals surface area contributed by atoms with Crippen molar-refractivity contribution < 1.29 is 0 Å². The Bertz CT molecular complexity index is 1040. The molecule has 0 bridgehead atoms. The van der Waals surface area contributed by atoms with Crippen molar-refractivity contribution >= 4 is 23.2 Å². The molecule has 0 atom stereocenters. The number of hydrogen-bond acceptors (Lipinski definition) is 3. The molecule has 2 aromatic carbocycles. The van der Waals surface area contributed by atoms with Crippen LogP contribution in [-0.4, -0.2) is 9.97 Å². The number of aromatic nitrogens is 2. The largest absolute Gasteiger partial charge is 0.320 e.